The van der Waals surface area contributed by atoms with E-state index in [2.05, 4.69) is 16.3 Å². The molecule has 1 atom stereocenters. The molecule has 2 amide bonds. The fraction of sp³-hybridized carbons (Fsp3) is 0.500. The van der Waals surface area contributed by atoms with Crippen LogP contribution in [0, 0.1) is 22.6 Å². The van der Waals surface area contributed by atoms with Crippen molar-refractivity contribution in [1.29, 1.82) is 5.26 Å². The molecule has 4 aliphatic rings. The minimum atomic E-state index is -3.12. The summed E-state index contributed by atoms with van der Waals surface area (Å²) in [5.41, 5.74) is 1.28. The van der Waals surface area contributed by atoms with Crippen LogP contribution < -0.4 is 5.32 Å². The van der Waals surface area contributed by atoms with Gasteiger partial charge in [-0.2, -0.15) is 5.26 Å². The molecule has 0 aliphatic carbocycles. The highest BCUT2D eigenvalue weighted by atomic mass is 19.3. The molecule has 1 spiro atoms. The first-order valence-electron chi connectivity index (χ1n) is 14.0. The van der Waals surface area contributed by atoms with Crippen molar-refractivity contribution >= 4 is 12.0 Å². The van der Waals surface area contributed by atoms with E-state index in [0.29, 0.717) is 23.1 Å². The summed E-state index contributed by atoms with van der Waals surface area (Å²) in [6, 6.07) is 11.7. The zero-order valence-corrected chi connectivity index (χ0v) is 22.8. The van der Waals surface area contributed by atoms with Crippen molar-refractivity contribution in [3.8, 4) is 17.2 Å². The van der Waals surface area contributed by atoms with Crippen molar-refractivity contribution in [2.45, 2.75) is 50.0 Å². The average Bonchev–Trinajstić information content (AvgIpc) is 3.25. The number of hydrogen-bond acceptors (Lipinski definition) is 6. The summed E-state index contributed by atoms with van der Waals surface area (Å²) in [6.07, 6.45) is -3.02. The third kappa shape index (κ3) is 4.89. The fourth-order valence-corrected chi connectivity index (χ4v) is 6.39. The Morgan fingerprint density at radius 2 is 1.81 bits per heavy atom. The van der Waals surface area contributed by atoms with E-state index in [1.807, 2.05) is 18.2 Å². The van der Waals surface area contributed by atoms with Crippen molar-refractivity contribution in [2.24, 2.45) is 5.41 Å². The third-order valence-electron chi connectivity index (χ3n) is 9.21. The molecule has 222 valence electrons. The molecular weight excluding hydrogens is 553 g/mol. The number of fused-ring (bicyclic) bond motifs is 2. The van der Waals surface area contributed by atoms with Gasteiger partial charge in [-0.15, -0.1) is 0 Å². The van der Waals surface area contributed by atoms with E-state index in [0.717, 1.165) is 55.8 Å². The number of carbonyl (C=O) groups excluding carboxylic acids is 1. The Hall–Kier alpha value is -3.66. The topological polar surface area (TPSA) is 115 Å². The Bertz CT molecular complexity index is 1430. The van der Waals surface area contributed by atoms with Crippen molar-refractivity contribution in [3.05, 3.63) is 58.9 Å². The number of rotatable bonds is 7. The highest BCUT2D eigenvalue weighted by Crippen LogP contribution is 2.46. The van der Waals surface area contributed by atoms with Crippen molar-refractivity contribution < 1.29 is 37.3 Å². The maximum atomic E-state index is 15.3. The van der Waals surface area contributed by atoms with Gasteiger partial charge in [-0.05, 0) is 52.8 Å². The number of likely N-dealkylation sites (tertiary alicyclic amines) is 2. The summed E-state index contributed by atoms with van der Waals surface area (Å²) in [7, 11) is 0. The lowest BCUT2D eigenvalue weighted by Gasteiger charge is -2.46. The lowest BCUT2D eigenvalue weighted by molar-refractivity contribution is -0.158. The zero-order chi connectivity index (χ0) is 29.6. The van der Waals surface area contributed by atoms with Crippen molar-refractivity contribution in [1.82, 2.24) is 15.1 Å². The maximum absolute atomic E-state index is 15.3. The molecule has 1 unspecified atom stereocenters. The molecule has 3 saturated heterocycles. The molecule has 2 aromatic rings. The monoisotopic (exact) mass is 584 g/mol. The molecule has 0 radical (unpaired) electrons. The SMILES string of the molecule is N#CC(Cc1ccc(-c2ccc3c(c2)C2(CCN(C4COC4)CC2)OC3)cc1F)NC(=O)C1(C(F)F)CN(C(=O)O)C1. The maximum Gasteiger partial charge on any atom is 0.407 e. The number of piperidine rings is 1. The first-order valence-corrected chi connectivity index (χ1v) is 14.0. The number of nitrogens with one attached hydrogen (secondary N) is 1. The Morgan fingerprint density at radius 3 is 2.40 bits per heavy atom. The molecule has 6 rings (SSSR count). The smallest absolute Gasteiger partial charge is 0.407 e. The predicted molar refractivity (Wildman–Crippen MR) is 143 cm³/mol. The summed E-state index contributed by atoms with van der Waals surface area (Å²) < 4.78 is 54.4. The van der Waals surface area contributed by atoms with Gasteiger partial charge in [0.1, 0.15) is 17.3 Å². The van der Waals surface area contributed by atoms with Gasteiger partial charge in [-0.25, -0.2) is 18.0 Å². The van der Waals surface area contributed by atoms with Gasteiger partial charge in [0.05, 0.1) is 37.5 Å². The number of benzene rings is 2. The average molecular weight is 585 g/mol. The Balaban J connectivity index is 1.14. The van der Waals surface area contributed by atoms with Crippen LogP contribution in [0.25, 0.3) is 11.1 Å². The zero-order valence-electron chi connectivity index (χ0n) is 22.8. The molecule has 9 nitrogen and oxygen atoms in total. The van der Waals surface area contributed by atoms with Crippen LogP contribution in [0.4, 0.5) is 18.0 Å². The second-order valence-electron chi connectivity index (χ2n) is 11.6. The number of hydrogen-bond donors (Lipinski definition) is 2. The number of nitrogens with zero attached hydrogens (tertiary/aromatic N) is 3. The number of carbonyl (C=O) groups is 2. The number of alkyl halides is 2. The summed E-state index contributed by atoms with van der Waals surface area (Å²) in [6.45, 7) is 2.60. The van der Waals surface area contributed by atoms with Crippen LogP contribution in [-0.2, 0) is 32.9 Å². The van der Waals surface area contributed by atoms with Gasteiger partial charge in [-0.3, -0.25) is 9.69 Å². The molecule has 0 bridgehead atoms. The van der Waals surface area contributed by atoms with E-state index in [4.69, 9.17) is 14.6 Å². The van der Waals surface area contributed by atoms with E-state index < -0.39 is 48.8 Å². The molecule has 2 N–H and O–H groups in total. The van der Waals surface area contributed by atoms with Crippen LogP contribution in [0.2, 0.25) is 0 Å². The number of halogens is 3. The molecule has 3 fully saturated rings. The van der Waals surface area contributed by atoms with Gasteiger partial charge in [0, 0.05) is 32.6 Å². The minimum absolute atomic E-state index is 0.144. The molecule has 0 saturated carbocycles. The number of carboxylic acid groups (broad SMARTS) is 1. The van der Waals surface area contributed by atoms with E-state index in [9.17, 15) is 23.6 Å². The highest BCUT2D eigenvalue weighted by Gasteiger charge is 2.58. The quantitative estimate of drug-likeness (QED) is 0.512. The van der Waals surface area contributed by atoms with Crippen LogP contribution in [-0.4, -0.2) is 84.8 Å². The van der Waals surface area contributed by atoms with Crippen molar-refractivity contribution in [3.63, 3.8) is 0 Å². The molecule has 4 aliphatic heterocycles. The molecule has 42 heavy (non-hydrogen) atoms. The lowest BCUT2D eigenvalue weighted by Crippen LogP contribution is -2.68. The Morgan fingerprint density at radius 1 is 1.12 bits per heavy atom. The van der Waals surface area contributed by atoms with Crippen LogP contribution >= 0.6 is 0 Å². The molecular formula is C30H31F3N4O5. The predicted octanol–water partition coefficient (Wildman–Crippen LogP) is 3.51. The number of amides is 2. The third-order valence-corrected chi connectivity index (χ3v) is 9.21. The highest BCUT2D eigenvalue weighted by molar-refractivity contribution is 5.87. The fourth-order valence-electron chi connectivity index (χ4n) is 6.39. The number of ether oxygens (including phenoxy) is 2. The molecule has 2 aromatic carbocycles. The van der Waals surface area contributed by atoms with Crippen molar-refractivity contribution in [2.75, 3.05) is 39.4 Å². The van der Waals surface area contributed by atoms with Crippen LogP contribution in [0.3, 0.4) is 0 Å². The second-order valence-corrected chi connectivity index (χ2v) is 11.6. The van der Waals surface area contributed by atoms with Gasteiger partial charge < -0.3 is 24.8 Å². The van der Waals surface area contributed by atoms with E-state index in [-0.39, 0.29) is 17.6 Å². The van der Waals surface area contributed by atoms with Gasteiger partial charge in [0.2, 0.25) is 5.91 Å². The molecule has 4 heterocycles. The summed E-state index contributed by atoms with van der Waals surface area (Å²) in [5.74, 6) is -1.71. The van der Waals surface area contributed by atoms with E-state index >= 15 is 4.39 Å². The largest absolute Gasteiger partial charge is 0.465 e. The lowest BCUT2D eigenvalue weighted by atomic mass is 9.79. The van der Waals surface area contributed by atoms with E-state index in [1.54, 1.807) is 6.07 Å². The van der Waals surface area contributed by atoms with Crippen LogP contribution in [0.1, 0.15) is 29.5 Å². The normalized spacial score (nSPS) is 21.7. The van der Waals surface area contributed by atoms with E-state index in [1.165, 1.54) is 12.1 Å². The second kappa shape index (κ2) is 10.9. The summed E-state index contributed by atoms with van der Waals surface area (Å²) in [4.78, 5) is 26.8. The summed E-state index contributed by atoms with van der Waals surface area (Å²) in [5, 5.41) is 20.8. The number of nitriles is 1. The van der Waals surface area contributed by atoms with Crippen LogP contribution in [0.5, 0.6) is 0 Å². The standard InChI is InChI=1S/C30H31F3N4O5/c31-25-11-19(1-3-20(25)9-22(12-34)35-27(38)29(26(32)33)16-37(17-29)28(39)40)18-2-4-21-13-42-30(24(21)10-18)5-7-36(8-6-30)23-14-41-15-23/h1-4,10-11,22-23,26H,5-9,13-17H2,(H,35,38)(H,39,40). The van der Waals surface area contributed by atoms with Gasteiger partial charge >= 0.3 is 6.09 Å². The molecule has 12 heteroatoms. The first-order chi connectivity index (χ1) is 20.1. The van der Waals surface area contributed by atoms with Gasteiger partial charge in [0.15, 0.2) is 0 Å². The summed E-state index contributed by atoms with van der Waals surface area (Å²) >= 11 is 0. The molecule has 0 aromatic heterocycles. The van der Waals surface area contributed by atoms with Gasteiger partial charge in [0.25, 0.3) is 6.43 Å². The van der Waals surface area contributed by atoms with Crippen LogP contribution in [0.15, 0.2) is 36.4 Å². The minimum Gasteiger partial charge on any atom is -0.465 e. The Labute approximate surface area is 240 Å². The Kier molecular flexibility index (Phi) is 7.37. The first kappa shape index (κ1) is 28.5. The van der Waals surface area contributed by atoms with Gasteiger partial charge in [-0.1, -0.05) is 24.3 Å².